The van der Waals surface area contributed by atoms with Crippen LogP contribution in [0.3, 0.4) is 0 Å². The Morgan fingerprint density at radius 3 is 2.89 bits per heavy atom. The number of benzene rings is 1. The molecule has 0 saturated carbocycles. The third-order valence-corrected chi connectivity index (χ3v) is 2.93. The largest absolute Gasteiger partial charge is 2.00 e. The number of thioether (sulfide) groups is 1. The zero-order valence-corrected chi connectivity index (χ0v) is 14.9. The molecule has 0 amide bonds. The first kappa shape index (κ1) is 15.3. The second-order valence-corrected chi connectivity index (χ2v) is 4.73. The van der Waals surface area contributed by atoms with Gasteiger partial charge in [-0.3, -0.25) is 10.2 Å². The van der Waals surface area contributed by atoms with Crippen LogP contribution in [0.5, 0.6) is 5.75 Å². The minimum Gasteiger partial charge on any atom is -0.872 e. The van der Waals surface area contributed by atoms with E-state index in [1.54, 1.807) is 12.1 Å². The Morgan fingerprint density at radius 1 is 1.44 bits per heavy atom. The van der Waals surface area contributed by atoms with Crippen LogP contribution in [0.25, 0.3) is 0 Å². The van der Waals surface area contributed by atoms with E-state index in [0.717, 1.165) is 4.47 Å². The molecule has 1 aromatic carbocycles. The van der Waals surface area contributed by atoms with Crippen molar-refractivity contribution in [3.8, 4) is 5.75 Å². The molecule has 1 aromatic heterocycles. The van der Waals surface area contributed by atoms with Crippen LogP contribution < -0.4 is 10.1 Å². The first-order chi connectivity index (χ1) is 8.19. The van der Waals surface area contributed by atoms with Gasteiger partial charge in [0.25, 0.3) is 0 Å². The summed E-state index contributed by atoms with van der Waals surface area (Å²) in [5, 5.41) is 19.6. The number of hydrogen-bond donors (Lipinski definition) is 0. The van der Waals surface area contributed by atoms with Crippen LogP contribution in [0.15, 0.2) is 32.8 Å². The second-order valence-electron chi connectivity index (χ2n) is 3.04. The van der Waals surface area contributed by atoms with Gasteiger partial charge in [0.15, 0.2) is 0 Å². The van der Waals surface area contributed by atoms with E-state index in [1.807, 2.05) is 6.26 Å². The number of nitrogens with zero attached hydrogens (tertiary/aromatic N) is 4. The summed E-state index contributed by atoms with van der Waals surface area (Å²) in [5.74, 6) is 0.162. The normalized spacial score (nSPS) is 10.6. The molecule has 0 unspecified atom stereocenters. The smallest absolute Gasteiger partial charge is 0.872 e. The van der Waals surface area contributed by atoms with Crippen molar-refractivity contribution in [2.45, 2.75) is 5.16 Å². The molecule has 0 N–H and O–H groups in total. The number of aliphatic imine (C=N–C) groups is 1. The van der Waals surface area contributed by atoms with Crippen LogP contribution in [0, 0.1) is 0 Å². The fourth-order valence-corrected chi connectivity index (χ4v) is 1.78. The van der Waals surface area contributed by atoms with Crippen LogP contribution in [-0.2, 0) is 19.5 Å². The Morgan fingerprint density at radius 2 is 2.22 bits per heavy atom. The number of aromatic nitrogens is 3. The fraction of sp³-hybridized carbons (Fsp3) is 0.100. The molecule has 0 aliphatic carbocycles. The Kier molecular flexibility index (Phi) is 5.98. The minimum absolute atomic E-state index is 0. The summed E-state index contributed by atoms with van der Waals surface area (Å²) >= 11 is 4.68. The molecule has 0 saturated heterocycles. The average Bonchev–Trinajstić information content (AvgIpc) is 2.78. The Balaban J connectivity index is 0.00000162. The quantitative estimate of drug-likeness (QED) is 0.463. The summed E-state index contributed by atoms with van der Waals surface area (Å²) in [4.78, 5) is 8.03. The van der Waals surface area contributed by atoms with Crippen LogP contribution in [-0.4, -0.2) is 22.7 Å². The summed E-state index contributed by atoms with van der Waals surface area (Å²) in [5.41, 5.74) is 0.481. The predicted octanol–water partition coefficient (Wildman–Crippen LogP) is 1.74. The SMILES string of the molecule is CSc1nnc(/N=C/c2cc(Br)ccc2[O-])[n-]1.[Zn+2]. The van der Waals surface area contributed by atoms with Crippen LogP contribution in [0.2, 0.25) is 0 Å². The molecule has 2 aromatic rings. The zero-order valence-electron chi connectivity index (χ0n) is 9.50. The number of halogens is 1. The van der Waals surface area contributed by atoms with Crippen molar-refractivity contribution in [3.63, 3.8) is 0 Å². The van der Waals surface area contributed by atoms with Crippen molar-refractivity contribution < 1.29 is 24.6 Å². The topological polar surface area (TPSA) is 75.3 Å². The van der Waals surface area contributed by atoms with Gasteiger partial charge >= 0.3 is 19.5 Å². The van der Waals surface area contributed by atoms with Gasteiger partial charge in [0.1, 0.15) is 0 Å². The third kappa shape index (κ3) is 3.90. The summed E-state index contributed by atoms with van der Waals surface area (Å²) in [6, 6.07) is 4.85. The van der Waals surface area contributed by atoms with Crippen molar-refractivity contribution >= 4 is 39.9 Å². The Labute approximate surface area is 129 Å². The molecule has 18 heavy (non-hydrogen) atoms. The van der Waals surface area contributed by atoms with Gasteiger partial charge < -0.3 is 15.1 Å². The molecule has 88 valence electrons. The molecule has 0 spiro atoms. The van der Waals surface area contributed by atoms with Crippen LogP contribution >= 0.6 is 27.7 Å². The average molecular weight is 377 g/mol. The summed E-state index contributed by atoms with van der Waals surface area (Å²) < 4.78 is 0.824. The van der Waals surface area contributed by atoms with Crippen molar-refractivity contribution in [2.75, 3.05) is 6.26 Å². The van der Waals surface area contributed by atoms with Gasteiger partial charge in [-0.25, -0.2) is 0 Å². The van der Waals surface area contributed by atoms with Crippen LogP contribution in [0.1, 0.15) is 5.56 Å². The van der Waals surface area contributed by atoms with Crippen molar-refractivity contribution in [3.05, 3.63) is 28.2 Å². The maximum absolute atomic E-state index is 11.5. The van der Waals surface area contributed by atoms with Crippen molar-refractivity contribution in [2.24, 2.45) is 4.99 Å². The maximum Gasteiger partial charge on any atom is 2.00 e. The molecule has 2 rings (SSSR count). The Bertz CT molecular complexity index is 561. The van der Waals surface area contributed by atoms with Crippen molar-refractivity contribution in [1.29, 1.82) is 0 Å². The molecule has 0 atom stereocenters. The molecule has 5 nitrogen and oxygen atoms in total. The number of hydrogen-bond acceptors (Lipinski definition) is 5. The molecular formula is C10H7BrN4OSZn. The van der Waals surface area contributed by atoms with Gasteiger partial charge in [-0.05, 0) is 30.2 Å². The van der Waals surface area contributed by atoms with E-state index in [-0.39, 0.29) is 31.2 Å². The fourth-order valence-electron chi connectivity index (χ4n) is 1.11. The molecule has 0 bridgehead atoms. The molecule has 1 heterocycles. The van der Waals surface area contributed by atoms with E-state index in [0.29, 0.717) is 10.7 Å². The standard InChI is InChI=1S/C10H8BrN4OS.Zn/c1-17-10-13-9(14-15-10)12-5-6-4-7(11)2-3-8(6)16;/h2-5H,1H3,(H-,12,13,14,15,16);/q-1;+2/p-1. The monoisotopic (exact) mass is 374 g/mol. The first-order valence-electron chi connectivity index (χ1n) is 4.61. The molecule has 0 fully saturated rings. The van der Waals surface area contributed by atoms with E-state index in [9.17, 15) is 5.11 Å². The molecule has 0 aliphatic rings. The van der Waals surface area contributed by atoms with Crippen LogP contribution in [0.4, 0.5) is 5.95 Å². The Hall–Kier alpha value is -0.717. The maximum atomic E-state index is 11.5. The van der Waals surface area contributed by atoms with E-state index >= 15 is 0 Å². The van der Waals surface area contributed by atoms with Crippen molar-refractivity contribution in [1.82, 2.24) is 15.2 Å². The minimum atomic E-state index is -0.0958. The molecule has 0 aliphatic heterocycles. The second kappa shape index (κ2) is 7.02. The van der Waals surface area contributed by atoms with Gasteiger partial charge in [0, 0.05) is 4.47 Å². The third-order valence-electron chi connectivity index (χ3n) is 1.89. The van der Waals surface area contributed by atoms with E-state index in [1.165, 1.54) is 24.0 Å². The summed E-state index contributed by atoms with van der Waals surface area (Å²) in [7, 11) is 0. The zero-order chi connectivity index (χ0) is 12.3. The first-order valence-corrected chi connectivity index (χ1v) is 6.63. The van der Waals surface area contributed by atoms with Gasteiger partial charge in [-0.2, -0.15) is 0 Å². The van der Waals surface area contributed by atoms with Gasteiger partial charge in [-0.1, -0.05) is 22.0 Å². The summed E-state index contributed by atoms with van der Waals surface area (Å²) in [6.07, 6.45) is 3.29. The van der Waals surface area contributed by atoms with Gasteiger partial charge in [0.05, 0.1) is 11.1 Å². The predicted molar refractivity (Wildman–Crippen MR) is 68.0 cm³/mol. The summed E-state index contributed by atoms with van der Waals surface area (Å²) in [6.45, 7) is 0. The van der Waals surface area contributed by atoms with E-state index in [2.05, 4.69) is 36.1 Å². The van der Waals surface area contributed by atoms with Gasteiger partial charge in [0.2, 0.25) is 0 Å². The molecule has 0 radical (unpaired) electrons. The van der Waals surface area contributed by atoms with E-state index < -0.39 is 0 Å². The van der Waals surface area contributed by atoms with Gasteiger partial charge in [-0.15, -0.1) is 17.5 Å². The molecule has 8 heteroatoms. The number of rotatable bonds is 3. The van der Waals surface area contributed by atoms with E-state index in [4.69, 9.17) is 0 Å². The molecular weight excluding hydrogens is 369 g/mol.